The summed E-state index contributed by atoms with van der Waals surface area (Å²) < 4.78 is 41.0. The summed E-state index contributed by atoms with van der Waals surface area (Å²) >= 11 is 6.03. The fraction of sp³-hybridized carbons (Fsp3) is 0.318. The van der Waals surface area contributed by atoms with E-state index in [0.717, 1.165) is 38.9 Å². The van der Waals surface area contributed by atoms with Gasteiger partial charge in [-0.3, -0.25) is 14.6 Å². The molecule has 0 bridgehead atoms. The van der Waals surface area contributed by atoms with Gasteiger partial charge in [-0.05, 0) is 74.6 Å². The third kappa shape index (κ3) is 5.19. The average Bonchev–Trinajstić information content (AvgIpc) is 3.20. The second-order valence-electron chi connectivity index (χ2n) is 7.95. The summed E-state index contributed by atoms with van der Waals surface area (Å²) in [7, 11) is -4.62. The third-order valence-electron chi connectivity index (χ3n) is 5.64. The number of allylic oxidation sites excluding steroid dienone is 4. The number of carbonyl (C=O) groups is 2. The molecule has 34 heavy (non-hydrogen) atoms. The standard InChI is InChI=1S/C22H24N2O7S3/c1-11(8-16-21(27)23(9-18(25)26)22(32)33-16)6-7-17-24(10-34(28,29)30)19-14(4)12(2)13(3)15(5)20(19)31-17/h6-8H,9-10H2,1-5H3,(H,25,26)(H,28,29,30)/p-2/b11-6+,16-8+,17-7-. The van der Waals surface area contributed by atoms with Crippen LogP contribution in [0.3, 0.4) is 0 Å². The van der Waals surface area contributed by atoms with E-state index in [1.165, 1.54) is 17.1 Å². The van der Waals surface area contributed by atoms with Crippen LogP contribution >= 0.6 is 24.0 Å². The fourth-order valence-electron chi connectivity index (χ4n) is 3.61. The Morgan fingerprint density at radius 2 is 1.74 bits per heavy atom. The molecule has 1 aromatic rings. The molecular weight excluding hydrogens is 500 g/mol. The number of amides is 1. The van der Waals surface area contributed by atoms with E-state index in [1.807, 2.05) is 27.7 Å². The van der Waals surface area contributed by atoms with Crippen LogP contribution in [0.5, 0.6) is 5.75 Å². The summed E-state index contributed by atoms with van der Waals surface area (Å²) in [6.07, 6.45) is 4.65. The van der Waals surface area contributed by atoms with Gasteiger partial charge in [0.2, 0.25) is 5.88 Å². The minimum absolute atomic E-state index is 0.115. The molecule has 2 aliphatic heterocycles. The van der Waals surface area contributed by atoms with E-state index in [0.29, 0.717) is 17.0 Å². The summed E-state index contributed by atoms with van der Waals surface area (Å²) in [6, 6.07) is 0. The summed E-state index contributed by atoms with van der Waals surface area (Å²) in [5.41, 5.74) is 4.74. The van der Waals surface area contributed by atoms with Crippen molar-refractivity contribution in [2.45, 2.75) is 34.6 Å². The number of hydrogen-bond acceptors (Lipinski definition) is 10. The number of aliphatic carboxylic acids is 1. The molecule has 12 heteroatoms. The van der Waals surface area contributed by atoms with Crippen molar-refractivity contribution < 1.29 is 32.4 Å². The van der Waals surface area contributed by atoms with Crippen LogP contribution < -0.4 is 14.7 Å². The van der Waals surface area contributed by atoms with Gasteiger partial charge in [-0.15, -0.1) is 0 Å². The Hall–Kier alpha value is -2.67. The van der Waals surface area contributed by atoms with Crippen LogP contribution in [-0.2, 0) is 19.7 Å². The number of nitrogens with zero attached hydrogens (tertiary/aromatic N) is 2. The second-order valence-corrected chi connectivity index (χ2v) is 11.0. The third-order valence-corrected chi connectivity index (χ3v) is 7.59. The van der Waals surface area contributed by atoms with Crippen LogP contribution in [0.4, 0.5) is 5.69 Å². The van der Waals surface area contributed by atoms with E-state index in [-0.39, 0.29) is 15.1 Å². The highest BCUT2D eigenvalue weighted by atomic mass is 32.2. The van der Waals surface area contributed by atoms with Gasteiger partial charge in [0.25, 0.3) is 5.91 Å². The normalized spacial score (nSPS) is 18.8. The minimum atomic E-state index is -4.62. The van der Waals surface area contributed by atoms with Gasteiger partial charge in [0.15, 0.2) is 5.75 Å². The van der Waals surface area contributed by atoms with Crippen LogP contribution in [0.15, 0.2) is 34.6 Å². The number of carboxylic acids is 1. The van der Waals surface area contributed by atoms with E-state index in [1.54, 1.807) is 13.0 Å². The number of hydrogen-bond donors (Lipinski definition) is 0. The van der Waals surface area contributed by atoms with Gasteiger partial charge in [-0.25, -0.2) is 8.42 Å². The van der Waals surface area contributed by atoms with Gasteiger partial charge >= 0.3 is 0 Å². The maximum Gasteiger partial charge on any atom is 0.266 e. The molecule has 0 aromatic heterocycles. The van der Waals surface area contributed by atoms with Crippen molar-refractivity contribution in [3.63, 3.8) is 0 Å². The van der Waals surface area contributed by atoms with Gasteiger partial charge in [0, 0.05) is 0 Å². The molecule has 182 valence electrons. The summed E-state index contributed by atoms with van der Waals surface area (Å²) in [5, 5.41) is 10.8. The molecule has 1 fully saturated rings. The molecule has 0 aliphatic carbocycles. The number of carboxylic acid groups (broad SMARTS) is 1. The molecule has 9 nitrogen and oxygen atoms in total. The maximum absolute atomic E-state index is 12.4. The number of anilines is 1. The number of thioether (sulfide) groups is 1. The number of benzene rings is 1. The molecule has 0 spiro atoms. The topological polar surface area (TPSA) is 130 Å². The summed E-state index contributed by atoms with van der Waals surface area (Å²) in [6.45, 7) is 8.64. The van der Waals surface area contributed by atoms with Gasteiger partial charge in [0.1, 0.15) is 20.3 Å². The number of fused-ring (bicyclic) bond motifs is 1. The van der Waals surface area contributed by atoms with Crippen LogP contribution in [-0.4, -0.2) is 46.5 Å². The molecule has 0 saturated carbocycles. The first-order valence-corrected chi connectivity index (χ1v) is 12.8. The van der Waals surface area contributed by atoms with E-state index in [2.05, 4.69) is 0 Å². The van der Waals surface area contributed by atoms with Crippen LogP contribution in [0, 0.1) is 27.7 Å². The average molecular weight is 523 g/mol. The zero-order valence-corrected chi connectivity index (χ0v) is 21.6. The van der Waals surface area contributed by atoms with Crippen LogP contribution in [0.25, 0.3) is 0 Å². The van der Waals surface area contributed by atoms with Crippen molar-refractivity contribution in [1.29, 1.82) is 0 Å². The lowest BCUT2D eigenvalue weighted by atomic mass is 9.96. The lowest BCUT2D eigenvalue weighted by Gasteiger charge is -2.22. The zero-order chi connectivity index (χ0) is 25.5. The van der Waals surface area contributed by atoms with Crippen molar-refractivity contribution in [3.05, 3.63) is 56.8 Å². The first-order chi connectivity index (χ1) is 15.7. The van der Waals surface area contributed by atoms with Crippen molar-refractivity contribution in [2.75, 3.05) is 17.3 Å². The molecule has 0 radical (unpaired) electrons. The molecule has 0 N–H and O–H groups in total. The molecule has 2 aliphatic rings. The van der Waals surface area contributed by atoms with E-state index < -0.39 is 34.4 Å². The van der Waals surface area contributed by atoms with Gasteiger partial charge in [-0.1, -0.05) is 30.1 Å². The Balaban J connectivity index is 1.98. The quantitative estimate of drug-likeness (QED) is 0.310. The fourth-order valence-corrected chi connectivity index (χ4v) is 5.49. The van der Waals surface area contributed by atoms with Gasteiger partial charge in [0.05, 0.1) is 23.1 Å². The van der Waals surface area contributed by atoms with Crippen LogP contribution in [0.2, 0.25) is 0 Å². The molecule has 1 aromatic carbocycles. The molecule has 1 amide bonds. The number of thiocarbonyl (C=S) groups is 1. The highest BCUT2D eigenvalue weighted by molar-refractivity contribution is 8.26. The Labute approximate surface area is 207 Å². The maximum atomic E-state index is 12.4. The van der Waals surface area contributed by atoms with Crippen LogP contribution in [0.1, 0.15) is 29.2 Å². The van der Waals surface area contributed by atoms with E-state index >= 15 is 0 Å². The van der Waals surface area contributed by atoms with Gasteiger partial charge < -0.3 is 19.2 Å². The molecule has 0 atom stereocenters. The molecule has 3 rings (SSSR count). The SMILES string of the molecule is CC(=C\C=C1/Oc2c(C)c(C)c(C)c(C)c2N1CS(=O)(=O)[O-])/C=C1/SC(=S)N(CC(=O)[O-])C1=O. The zero-order valence-electron chi connectivity index (χ0n) is 19.1. The monoisotopic (exact) mass is 522 g/mol. The Bertz CT molecular complexity index is 1310. The summed E-state index contributed by atoms with van der Waals surface area (Å²) in [5.74, 6) is -2.12. The first kappa shape index (κ1) is 25.9. The highest BCUT2D eigenvalue weighted by Crippen LogP contribution is 2.47. The number of ether oxygens (including phenoxy) is 1. The first-order valence-electron chi connectivity index (χ1n) is 10.0. The molecule has 2 heterocycles. The Morgan fingerprint density at radius 1 is 1.12 bits per heavy atom. The van der Waals surface area contributed by atoms with Crippen molar-refractivity contribution in [3.8, 4) is 5.75 Å². The number of rotatable bonds is 6. The second kappa shape index (κ2) is 9.53. The lowest BCUT2D eigenvalue weighted by molar-refractivity contribution is -0.305. The smallest absolute Gasteiger partial charge is 0.266 e. The van der Waals surface area contributed by atoms with E-state index in [9.17, 15) is 27.7 Å². The predicted octanol–water partition coefficient (Wildman–Crippen LogP) is 1.90. The minimum Gasteiger partial charge on any atom is -0.747 e. The Morgan fingerprint density at radius 3 is 2.32 bits per heavy atom. The van der Waals surface area contributed by atoms with Crippen molar-refractivity contribution in [2.24, 2.45) is 0 Å². The predicted molar refractivity (Wildman–Crippen MR) is 130 cm³/mol. The summed E-state index contributed by atoms with van der Waals surface area (Å²) in [4.78, 5) is 25.8. The lowest BCUT2D eigenvalue weighted by Crippen LogP contribution is -2.40. The highest BCUT2D eigenvalue weighted by Gasteiger charge is 2.33. The van der Waals surface area contributed by atoms with Crippen molar-refractivity contribution >= 4 is 56.0 Å². The van der Waals surface area contributed by atoms with E-state index in [4.69, 9.17) is 17.0 Å². The molecule has 0 unspecified atom stereocenters. The molecule has 1 saturated heterocycles. The van der Waals surface area contributed by atoms with Crippen molar-refractivity contribution in [1.82, 2.24) is 4.90 Å². The Kier molecular flexibility index (Phi) is 7.27. The number of carbonyl (C=O) groups excluding carboxylic acids is 2. The molecular formula is C22H22N2O7S3-2. The van der Waals surface area contributed by atoms with Gasteiger partial charge in [-0.2, -0.15) is 0 Å². The largest absolute Gasteiger partial charge is 0.747 e.